The highest BCUT2D eigenvalue weighted by Crippen LogP contribution is 2.25. The Kier molecular flexibility index (Phi) is 3.33. The smallest absolute Gasteiger partial charge is 0.101 e. The normalized spacial score (nSPS) is 20.6. The Morgan fingerprint density at radius 1 is 1.50 bits per heavy atom. The van der Waals surface area contributed by atoms with Crippen molar-refractivity contribution in [2.45, 2.75) is 18.9 Å². The van der Waals surface area contributed by atoms with E-state index in [-0.39, 0.29) is 6.10 Å². The summed E-state index contributed by atoms with van der Waals surface area (Å²) >= 11 is 5.97. The number of piperidine rings is 1. The third-order valence-electron chi connectivity index (χ3n) is 2.83. The molecular formula is C12H13ClN2O. The topological polar surface area (TPSA) is 47.3 Å². The van der Waals surface area contributed by atoms with Crippen LogP contribution in [0.5, 0.6) is 0 Å². The molecule has 3 nitrogen and oxygen atoms in total. The number of halogens is 1. The molecule has 16 heavy (non-hydrogen) atoms. The fourth-order valence-corrected chi connectivity index (χ4v) is 2.20. The summed E-state index contributed by atoms with van der Waals surface area (Å²) in [5.74, 6) is 0. The van der Waals surface area contributed by atoms with Crippen LogP contribution in [0.15, 0.2) is 18.2 Å². The van der Waals surface area contributed by atoms with E-state index in [0.717, 1.165) is 25.1 Å². The van der Waals surface area contributed by atoms with Gasteiger partial charge in [0.05, 0.1) is 16.7 Å². The molecule has 1 saturated heterocycles. The highest BCUT2D eigenvalue weighted by atomic mass is 35.5. The van der Waals surface area contributed by atoms with Gasteiger partial charge < -0.3 is 10.0 Å². The van der Waals surface area contributed by atoms with Crippen LogP contribution in [0.2, 0.25) is 5.02 Å². The fourth-order valence-electron chi connectivity index (χ4n) is 1.98. The third kappa shape index (κ3) is 2.29. The van der Waals surface area contributed by atoms with Crippen LogP contribution in [-0.4, -0.2) is 24.3 Å². The molecule has 0 aromatic heterocycles. The highest BCUT2D eigenvalue weighted by Gasteiger charge is 2.18. The minimum Gasteiger partial charge on any atom is -0.391 e. The minimum absolute atomic E-state index is 0.261. The first-order valence-corrected chi connectivity index (χ1v) is 5.71. The summed E-state index contributed by atoms with van der Waals surface area (Å²) in [6.45, 7) is 1.57. The van der Waals surface area contributed by atoms with Crippen molar-refractivity contribution >= 4 is 17.3 Å². The van der Waals surface area contributed by atoms with E-state index >= 15 is 0 Å². The van der Waals surface area contributed by atoms with Crippen LogP contribution in [0.4, 0.5) is 5.69 Å². The molecule has 0 spiro atoms. The molecule has 1 fully saturated rings. The zero-order chi connectivity index (χ0) is 11.5. The van der Waals surface area contributed by atoms with Gasteiger partial charge in [0.2, 0.25) is 0 Å². The second-order valence-electron chi connectivity index (χ2n) is 4.02. The molecule has 0 radical (unpaired) electrons. The van der Waals surface area contributed by atoms with Gasteiger partial charge in [-0.15, -0.1) is 0 Å². The van der Waals surface area contributed by atoms with Gasteiger partial charge in [-0.3, -0.25) is 0 Å². The lowest BCUT2D eigenvalue weighted by Gasteiger charge is -2.32. The van der Waals surface area contributed by atoms with Crippen LogP contribution < -0.4 is 4.90 Å². The van der Waals surface area contributed by atoms with Gasteiger partial charge in [-0.2, -0.15) is 5.26 Å². The van der Waals surface area contributed by atoms with Gasteiger partial charge in [-0.1, -0.05) is 11.6 Å². The predicted octanol–water partition coefficient (Wildman–Crippen LogP) is 2.17. The highest BCUT2D eigenvalue weighted by molar-refractivity contribution is 6.32. The number of hydrogen-bond donors (Lipinski definition) is 1. The van der Waals surface area contributed by atoms with Crippen molar-refractivity contribution in [2.24, 2.45) is 0 Å². The molecule has 1 aliphatic heterocycles. The molecule has 1 atom stereocenters. The number of anilines is 1. The maximum atomic E-state index is 9.58. The van der Waals surface area contributed by atoms with Crippen molar-refractivity contribution in [1.29, 1.82) is 5.26 Å². The first kappa shape index (κ1) is 11.3. The van der Waals surface area contributed by atoms with Crippen LogP contribution in [0.1, 0.15) is 18.4 Å². The Hall–Kier alpha value is -1.24. The van der Waals surface area contributed by atoms with E-state index < -0.39 is 0 Å². The van der Waals surface area contributed by atoms with Crippen molar-refractivity contribution < 1.29 is 5.11 Å². The molecule has 1 aromatic rings. The van der Waals surface area contributed by atoms with E-state index in [0.29, 0.717) is 17.1 Å². The first-order valence-electron chi connectivity index (χ1n) is 5.33. The van der Waals surface area contributed by atoms with Gasteiger partial charge in [0.15, 0.2) is 0 Å². The number of nitrogens with zero attached hydrogens (tertiary/aromatic N) is 2. The standard InChI is InChI=1S/C12H13ClN2O/c13-12-6-10(4-3-9(12)7-14)15-5-1-2-11(16)8-15/h3-4,6,11,16H,1-2,5,8H2. The number of rotatable bonds is 1. The predicted molar refractivity (Wildman–Crippen MR) is 63.6 cm³/mol. The quantitative estimate of drug-likeness (QED) is 0.813. The van der Waals surface area contributed by atoms with E-state index in [9.17, 15) is 5.11 Å². The van der Waals surface area contributed by atoms with E-state index in [2.05, 4.69) is 4.90 Å². The lowest BCUT2D eigenvalue weighted by molar-refractivity contribution is 0.154. The second kappa shape index (κ2) is 4.73. The molecule has 1 aliphatic rings. The second-order valence-corrected chi connectivity index (χ2v) is 4.43. The van der Waals surface area contributed by atoms with Crippen LogP contribution >= 0.6 is 11.6 Å². The Bertz CT molecular complexity index is 428. The van der Waals surface area contributed by atoms with Crippen molar-refractivity contribution in [2.75, 3.05) is 18.0 Å². The van der Waals surface area contributed by atoms with Crippen LogP contribution in [0.3, 0.4) is 0 Å². The molecule has 1 N–H and O–H groups in total. The average molecular weight is 237 g/mol. The molecule has 1 unspecified atom stereocenters. The molecule has 0 saturated carbocycles. The summed E-state index contributed by atoms with van der Waals surface area (Å²) in [6, 6.07) is 7.42. The molecule has 1 aromatic carbocycles. The Morgan fingerprint density at radius 2 is 2.31 bits per heavy atom. The van der Waals surface area contributed by atoms with Gasteiger partial charge in [-0.25, -0.2) is 0 Å². The largest absolute Gasteiger partial charge is 0.391 e. The molecule has 1 heterocycles. The summed E-state index contributed by atoms with van der Waals surface area (Å²) < 4.78 is 0. The maximum absolute atomic E-state index is 9.58. The summed E-state index contributed by atoms with van der Waals surface area (Å²) in [5, 5.41) is 18.8. The van der Waals surface area contributed by atoms with Gasteiger partial charge >= 0.3 is 0 Å². The summed E-state index contributed by atoms with van der Waals surface area (Å²) in [7, 11) is 0. The van der Waals surface area contributed by atoms with Crippen LogP contribution in [0, 0.1) is 11.3 Å². The molecule has 84 valence electrons. The van der Waals surface area contributed by atoms with Crippen molar-refractivity contribution in [3.05, 3.63) is 28.8 Å². The monoisotopic (exact) mass is 236 g/mol. The molecular weight excluding hydrogens is 224 g/mol. The van der Waals surface area contributed by atoms with Gasteiger partial charge in [0.1, 0.15) is 6.07 Å². The summed E-state index contributed by atoms with van der Waals surface area (Å²) in [6.07, 6.45) is 1.59. The van der Waals surface area contributed by atoms with Crippen molar-refractivity contribution in [1.82, 2.24) is 0 Å². The molecule has 2 rings (SSSR count). The minimum atomic E-state index is -0.261. The van der Waals surface area contributed by atoms with Crippen molar-refractivity contribution in [3.8, 4) is 6.07 Å². The van der Waals surface area contributed by atoms with Gasteiger partial charge in [-0.05, 0) is 31.0 Å². The molecule has 0 aliphatic carbocycles. The third-order valence-corrected chi connectivity index (χ3v) is 3.15. The van der Waals surface area contributed by atoms with Crippen molar-refractivity contribution in [3.63, 3.8) is 0 Å². The van der Waals surface area contributed by atoms with E-state index in [4.69, 9.17) is 16.9 Å². The molecule has 4 heteroatoms. The Balaban J connectivity index is 2.21. The van der Waals surface area contributed by atoms with Crippen LogP contribution in [-0.2, 0) is 0 Å². The number of hydrogen-bond acceptors (Lipinski definition) is 3. The zero-order valence-electron chi connectivity index (χ0n) is 8.86. The number of aliphatic hydroxyl groups is 1. The van der Waals surface area contributed by atoms with Gasteiger partial charge in [0.25, 0.3) is 0 Å². The number of benzene rings is 1. The fraction of sp³-hybridized carbons (Fsp3) is 0.417. The van der Waals surface area contributed by atoms with E-state index in [1.165, 1.54) is 0 Å². The lowest BCUT2D eigenvalue weighted by atomic mass is 10.1. The SMILES string of the molecule is N#Cc1ccc(N2CCCC(O)C2)cc1Cl. The van der Waals surface area contributed by atoms with E-state index in [1.54, 1.807) is 12.1 Å². The number of aliphatic hydroxyl groups excluding tert-OH is 1. The first-order chi connectivity index (χ1) is 7.70. The Labute approximate surface area is 99.9 Å². The average Bonchev–Trinajstić information content (AvgIpc) is 2.29. The number of nitriles is 1. The van der Waals surface area contributed by atoms with Gasteiger partial charge in [0, 0.05) is 18.8 Å². The number of β-amino-alcohol motifs (C(OH)–C–C–N with tert-alkyl or cyclic N) is 1. The molecule has 0 bridgehead atoms. The maximum Gasteiger partial charge on any atom is 0.101 e. The Morgan fingerprint density at radius 3 is 2.94 bits per heavy atom. The lowest BCUT2D eigenvalue weighted by Crippen LogP contribution is -2.38. The summed E-state index contributed by atoms with van der Waals surface area (Å²) in [4.78, 5) is 2.10. The van der Waals surface area contributed by atoms with E-state index in [1.807, 2.05) is 12.1 Å². The zero-order valence-corrected chi connectivity index (χ0v) is 9.61. The molecule has 0 amide bonds. The summed E-state index contributed by atoms with van der Waals surface area (Å²) in [5.41, 5.74) is 1.46. The van der Waals surface area contributed by atoms with Crippen LogP contribution in [0.25, 0.3) is 0 Å².